The second-order valence-electron chi connectivity index (χ2n) is 5.64. The molecule has 1 atom stereocenters. The summed E-state index contributed by atoms with van der Waals surface area (Å²) in [6, 6.07) is 3.74. The summed E-state index contributed by atoms with van der Waals surface area (Å²) in [4.78, 5) is 2.19. The molecule has 0 radical (unpaired) electrons. The van der Waals surface area contributed by atoms with Crippen molar-refractivity contribution in [2.75, 3.05) is 13.1 Å². The van der Waals surface area contributed by atoms with E-state index in [1.807, 2.05) is 0 Å². The molecular weight excluding hydrogens is 246 g/mol. The van der Waals surface area contributed by atoms with Crippen molar-refractivity contribution in [1.82, 2.24) is 4.90 Å². The molecule has 0 fully saturated rings. The lowest BCUT2D eigenvalue weighted by Crippen LogP contribution is -2.41. The van der Waals surface area contributed by atoms with Crippen LogP contribution in [0.3, 0.4) is 0 Å². The molecule has 0 spiro atoms. The number of rotatable bonds is 6. The maximum Gasteiger partial charge on any atom is 0.126 e. The van der Waals surface area contributed by atoms with Gasteiger partial charge >= 0.3 is 0 Å². The maximum absolute atomic E-state index is 13.4. The van der Waals surface area contributed by atoms with Gasteiger partial charge in [0, 0.05) is 31.2 Å². The van der Waals surface area contributed by atoms with Crippen LogP contribution in [-0.2, 0) is 0 Å². The van der Waals surface area contributed by atoms with E-state index in [-0.39, 0.29) is 12.1 Å². The molecule has 0 aliphatic heterocycles. The van der Waals surface area contributed by atoms with E-state index in [4.69, 9.17) is 5.73 Å². The van der Waals surface area contributed by atoms with E-state index in [2.05, 4.69) is 32.6 Å². The molecule has 1 aromatic rings. The third-order valence-corrected chi connectivity index (χ3v) is 3.13. The Hall–Kier alpha value is -1.00. The van der Waals surface area contributed by atoms with E-state index in [1.165, 1.54) is 12.1 Å². The molecule has 1 aromatic carbocycles. The van der Waals surface area contributed by atoms with Crippen LogP contribution in [-0.4, -0.2) is 24.0 Å². The largest absolute Gasteiger partial charge is 0.329 e. The maximum atomic E-state index is 13.4. The Morgan fingerprint density at radius 3 is 1.95 bits per heavy atom. The highest BCUT2D eigenvalue weighted by atomic mass is 19.1. The summed E-state index contributed by atoms with van der Waals surface area (Å²) in [6.45, 7) is 9.57. The first-order chi connectivity index (χ1) is 8.85. The standard InChI is InChI=1S/C15H24F2N2/c1-10(2)9-19(11(3)4)15(8-18)12-5-13(16)7-14(17)6-12/h5-7,10-11,15H,8-9,18H2,1-4H3. The number of nitrogens with zero attached hydrogens (tertiary/aromatic N) is 1. The molecule has 1 unspecified atom stereocenters. The molecule has 0 aromatic heterocycles. The molecule has 19 heavy (non-hydrogen) atoms. The quantitative estimate of drug-likeness (QED) is 0.859. The van der Waals surface area contributed by atoms with E-state index in [1.54, 1.807) is 0 Å². The Labute approximate surface area is 114 Å². The molecule has 0 saturated carbocycles. The molecule has 0 saturated heterocycles. The molecule has 0 bridgehead atoms. The summed E-state index contributed by atoms with van der Waals surface area (Å²) in [6.07, 6.45) is 0. The lowest BCUT2D eigenvalue weighted by atomic mass is 10.0. The van der Waals surface area contributed by atoms with Crippen molar-refractivity contribution < 1.29 is 8.78 Å². The predicted molar refractivity (Wildman–Crippen MR) is 74.8 cm³/mol. The summed E-state index contributed by atoms with van der Waals surface area (Å²) in [5.74, 6) is -0.640. The van der Waals surface area contributed by atoms with E-state index < -0.39 is 11.6 Å². The van der Waals surface area contributed by atoms with Crippen LogP contribution in [0.15, 0.2) is 18.2 Å². The van der Waals surface area contributed by atoms with Gasteiger partial charge < -0.3 is 5.73 Å². The monoisotopic (exact) mass is 270 g/mol. The van der Waals surface area contributed by atoms with Gasteiger partial charge in [-0.1, -0.05) is 13.8 Å². The normalized spacial score (nSPS) is 13.6. The van der Waals surface area contributed by atoms with Crippen molar-refractivity contribution in [3.63, 3.8) is 0 Å². The molecule has 2 nitrogen and oxygen atoms in total. The lowest BCUT2D eigenvalue weighted by molar-refractivity contribution is 0.138. The molecule has 0 aliphatic carbocycles. The van der Waals surface area contributed by atoms with E-state index in [0.717, 1.165) is 12.6 Å². The number of halogens is 2. The van der Waals surface area contributed by atoms with Crippen LogP contribution in [0.5, 0.6) is 0 Å². The lowest BCUT2D eigenvalue weighted by Gasteiger charge is -2.36. The highest BCUT2D eigenvalue weighted by Gasteiger charge is 2.23. The third-order valence-electron chi connectivity index (χ3n) is 3.13. The molecule has 0 heterocycles. The van der Waals surface area contributed by atoms with Gasteiger partial charge in [0.2, 0.25) is 0 Å². The van der Waals surface area contributed by atoms with Crippen molar-refractivity contribution in [2.45, 2.75) is 39.8 Å². The Kier molecular flexibility index (Phi) is 5.88. The molecule has 2 N–H and O–H groups in total. The van der Waals surface area contributed by atoms with Crippen molar-refractivity contribution >= 4 is 0 Å². The average molecular weight is 270 g/mol. The van der Waals surface area contributed by atoms with Crippen molar-refractivity contribution in [1.29, 1.82) is 0 Å². The number of benzene rings is 1. The molecular formula is C15H24F2N2. The fourth-order valence-corrected chi connectivity index (χ4v) is 2.35. The second kappa shape index (κ2) is 6.96. The number of nitrogens with two attached hydrogens (primary N) is 1. The van der Waals surface area contributed by atoms with E-state index >= 15 is 0 Å². The second-order valence-corrected chi connectivity index (χ2v) is 5.64. The van der Waals surface area contributed by atoms with Crippen LogP contribution in [0.1, 0.15) is 39.3 Å². The zero-order chi connectivity index (χ0) is 14.6. The van der Waals surface area contributed by atoms with Gasteiger partial charge in [-0.15, -0.1) is 0 Å². The van der Waals surface area contributed by atoms with Crippen LogP contribution in [0.4, 0.5) is 8.78 Å². The van der Waals surface area contributed by atoms with Gasteiger partial charge in [-0.05, 0) is 37.5 Å². The Bertz CT molecular complexity index is 385. The van der Waals surface area contributed by atoms with Crippen LogP contribution in [0.25, 0.3) is 0 Å². The minimum Gasteiger partial charge on any atom is -0.329 e. The van der Waals surface area contributed by atoms with Crippen molar-refractivity contribution in [2.24, 2.45) is 11.7 Å². The Morgan fingerprint density at radius 1 is 1.05 bits per heavy atom. The van der Waals surface area contributed by atoms with Crippen LogP contribution >= 0.6 is 0 Å². The molecule has 108 valence electrons. The SMILES string of the molecule is CC(C)CN(C(C)C)C(CN)c1cc(F)cc(F)c1. The zero-order valence-electron chi connectivity index (χ0n) is 12.2. The van der Waals surface area contributed by atoms with Gasteiger partial charge in [-0.3, -0.25) is 4.90 Å². The zero-order valence-corrected chi connectivity index (χ0v) is 12.2. The average Bonchev–Trinajstić information content (AvgIpc) is 2.26. The van der Waals surface area contributed by atoms with Gasteiger partial charge in [0.25, 0.3) is 0 Å². The van der Waals surface area contributed by atoms with Gasteiger partial charge in [-0.25, -0.2) is 8.78 Å². The predicted octanol–water partition coefficient (Wildman–Crippen LogP) is 3.33. The highest BCUT2D eigenvalue weighted by molar-refractivity contribution is 5.22. The van der Waals surface area contributed by atoms with Gasteiger partial charge in [0.1, 0.15) is 11.6 Å². The van der Waals surface area contributed by atoms with Gasteiger partial charge in [-0.2, -0.15) is 0 Å². The Morgan fingerprint density at radius 2 is 1.58 bits per heavy atom. The van der Waals surface area contributed by atoms with Crippen LogP contribution in [0.2, 0.25) is 0 Å². The van der Waals surface area contributed by atoms with E-state index in [0.29, 0.717) is 18.0 Å². The van der Waals surface area contributed by atoms with Crippen LogP contribution in [0, 0.1) is 17.6 Å². The highest BCUT2D eigenvalue weighted by Crippen LogP contribution is 2.24. The Balaban J connectivity index is 3.08. The fraction of sp³-hybridized carbons (Fsp3) is 0.600. The topological polar surface area (TPSA) is 29.3 Å². The summed E-state index contributed by atoms with van der Waals surface area (Å²) in [5, 5.41) is 0. The molecule has 1 rings (SSSR count). The first-order valence-corrected chi connectivity index (χ1v) is 6.77. The van der Waals surface area contributed by atoms with E-state index in [9.17, 15) is 8.78 Å². The van der Waals surface area contributed by atoms with Crippen molar-refractivity contribution in [3.05, 3.63) is 35.4 Å². The smallest absolute Gasteiger partial charge is 0.126 e. The van der Waals surface area contributed by atoms with Gasteiger partial charge in [0.15, 0.2) is 0 Å². The summed E-state index contributed by atoms with van der Waals surface area (Å²) < 4.78 is 26.7. The number of hydrogen-bond donors (Lipinski definition) is 1. The summed E-state index contributed by atoms with van der Waals surface area (Å²) >= 11 is 0. The van der Waals surface area contributed by atoms with Crippen LogP contribution < -0.4 is 5.73 Å². The summed E-state index contributed by atoms with van der Waals surface area (Å²) in [5.41, 5.74) is 6.44. The molecule has 0 amide bonds. The van der Waals surface area contributed by atoms with Gasteiger partial charge in [0.05, 0.1) is 0 Å². The minimum atomic E-state index is -0.554. The number of hydrogen-bond acceptors (Lipinski definition) is 2. The fourth-order valence-electron chi connectivity index (χ4n) is 2.35. The molecule has 4 heteroatoms. The molecule has 0 aliphatic rings. The third kappa shape index (κ3) is 4.55. The first-order valence-electron chi connectivity index (χ1n) is 6.77. The van der Waals surface area contributed by atoms with Crippen molar-refractivity contribution in [3.8, 4) is 0 Å². The first kappa shape index (κ1) is 16.1. The summed E-state index contributed by atoms with van der Waals surface area (Å²) in [7, 11) is 0. The minimum absolute atomic E-state index is 0.160.